The first kappa shape index (κ1) is 12.1. The van der Waals surface area contributed by atoms with Crippen molar-refractivity contribution in [3.63, 3.8) is 0 Å². The maximum atomic E-state index is 13.3. The number of carboxylic acid groups (broad SMARTS) is 1. The molecule has 15 heavy (non-hydrogen) atoms. The third kappa shape index (κ3) is 2.54. The van der Waals surface area contributed by atoms with Crippen LogP contribution in [0.5, 0.6) is 0 Å². The first-order valence-electron chi connectivity index (χ1n) is 3.66. The van der Waals surface area contributed by atoms with Crippen LogP contribution in [0.15, 0.2) is 21.5 Å². The molecule has 7 heteroatoms. The normalized spacial score (nSPS) is 11.4. The topological polar surface area (TPSA) is 71.4 Å². The van der Waals surface area contributed by atoms with Gasteiger partial charge < -0.3 is 5.11 Å². The first-order chi connectivity index (χ1) is 6.73. The Hall–Kier alpha value is -0.950. The van der Waals surface area contributed by atoms with E-state index in [2.05, 4.69) is 15.9 Å². The molecule has 0 atom stereocenters. The highest BCUT2D eigenvalue weighted by atomic mass is 79.9. The van der Waals surface area contributed by atoms with E-state index in [0.717, 1.165) is 12.3 Å². The first-order valence-corrected chi connectivity index (χ1v) is 6.34. The number of carbonyl (C=O) groups is 1. The van der Waals surface area contributed by atoms with Gasteiger partial charge in [-0.2, -0.15) is 0 Å². The Bertz CT molecular complexity index is 500. The van der Waals surface area contributed by atoms with E-state index in [9.17, 15) is 17.6 Å². The molecule has 0 radical (unpaired) electrons. The van der Waals surface area contributed by atoms with Gasteiger partial charge in [-0.05, 0) is 28.1 Å². The molecule has 0 unspecified atom stereocenters. The van der Waals surface area contributed by atoms with Crippen LogP contribution in [0.25, 0.3) is 0 Å². The van der Waals surface area contributed by atoms with E-state index >= 15 is 0 Å². The second-order valence-corrected chi connectivity index (χ2v) is 5.65. The molecule has 0 saturated heterocycles. The molecule has 1 aromatic rings. The molecule has 0 heterocycles. The van der Waals surface area contributed by atoms with Gasteiger partial charge in [-0.3, -0.25) is 0 Å². The summed E-state index contributed by atoms with van der Waals surface area (Å²) < 4.78 is 35.5. The number of carboxylic acids is 1. The van der Waals surface area contributed by atoms with E-state index in [4.69, 9.17) is 5.11 Å². The maximum absolute atomic E-state index is 13.3. The van der Waals surface area contributed by atoms with Crippen LogP contribution in [-0.4, -0.2) is 25.7 Å². The number of benzene rings is 1. The second kappa shape index (κ2) is 3.90. The summed E-state index contributed by atoms with van der Waals surface area (Å²) in [5.41, 5.74) is -0.313. The summed E-state index contributed by atoms with van der Waals surface area (Å²) in [6, 6.07) is 1.71. The number of halogens is 2. The minimum absolute atomic E-state index is 0.0950. The van der Waals surface area contributed by atoms with Gasteiger partial charge in [0.25, 0.3) is 0 Å². The molecule has 0 aliphatic rings. The lowest BCUT2D eigenvalue weighted by molar-refractivity contribution is 0.0696. The third-order valence-electron chi connectivity index (χ3n) is 1.62. The van der Waals surface area contributed by atoms with Crippen molar-refractivity contribution in [2.24, 2.45) is 0 Å². The molecule has 0 amide bonds. The van der Waals surface area contributed by atoms with Crippen LogP contribution < -0.4 is 0 Å². The van der Waals surface area contributed by atoms with Gasteiger partial charge >= 0.3 is 5.97 Å². The van der Waals surface area contributed by atoms with Crippen molar-refractivity contribution >= 4 is 31.7 Å². The van der Waals surface area contributed by atoms with Crippen LogP contribution in [0.4, 0.5) is 4.39 Å². The van der Waals surface area contributed by atoms with Crippen molar-refractivity contribution in [2.75, 3.05) is 6.26 Å². The summed E-state index contributed by atoms with van der Waals surface area (Å²) in [6.45, 7) is 0. The van der Waals surface area contributed by atoms with Crippen LogP contribution in [0, 0.1) is 5.82 Å². The molecule has 0 spiro atoms. The molecule has 1 rings (SSSR count). The molecule has 1 N–H and O–H groups in total. The minimum Gasteiger partial charge on any atom is -0.478 e. The molecule has 0 fully saturated rings. The highest BCUT2D eigenvalue weighted by Gasteiger charge is 2.20. The van der Waals surface area contributed by atoms with Gasteiger partial charge in [0.2, 0.25) is 0 Å². The van der Waals surface area contributed by atoms with Crippen LogP contribution in [0.3, 0.4) is 0 Å². The lowest BCUT2D eigenvalue weighted by Gasteiger charge is -2.04. The van der Waals surface area contributed by atoms with E-state index in [1.807, 2.05) is 0 Å². The zero-order chi connectivity index (χ0) is 11.8. The van der Waals surface area contributed by atoms with Crippen molar-refractivity contribution in [3.8, 4) is 0 Å². The predicted octanol–water partition coefficient (Wildman–Crippen LogP) is 1.69. The number of rotatable bonds is 2. The fourth-order valence-electron chi connectivity index (χ4n) is 1.04. The zero-order valence-corrected chi connectivity index (χ0v) is 9.89. The van der Waals surface area contributed by atoms with Gasteiger partial charge in [-0.15, -0.1) is 0 Å². The van der Waals surface area contributed by atoms with Gasteiger partial charge in [-0.1, -0.05) is 0 Å². The van der Waals surface area contributed by atoms with Gasteiger partial charge in [0.05, 0.1) is 5.56 Å². The summed E-state index contributed by atoms with van der Waals surface area (Å²) in [6.07, 6.45) is 0.844. The van der Waals surface area contributed by atoms with Gasteiger partial charge in [0.1, 0.15) is 10.7 Å². The summed E-state index contributed by atoms with van der Waals surface area (Å²) in [5.74, 6) is -2.40. The lowest BCUT2D eigenvalue weighted by Crippen LogP contribution is -2.05. The summed E-state index contributed by atoms with van der Waals surface area (Å²) in [4.78, 5) is 9.99. The van der Waals surface area contributed by atoms with Crippen LogP contribution in [0.1, 0.15) is 10.4 Å². The zero-order valence-electron chi connectivity index (χ0n) is 7.49. The number of aromatic carboxylic acids is 1. The molecule has 0 aliphatic carbocycles. The average molecular weight is 297 g/mol. The van der Waals surface area contributed by atoms with Crippen LogP contribution in [0.2, 0.25) is 0 Å². The number of sulfone groups is 1. The minimum atomic E-state index is -3.72. The molecule has 0 aromatic heterocycles. The van der Waals surface area contributed by atoms with Crippen molar-refractivity contribution in [1.29, 1.82) is 0 Å². The van der Waals surface area contributed by atoms with E-state index in [1.165, 1.54) is 0 Å². The van der Waals surface area contributed by atoms with Crippen molar-refractivity contribution in [2.45, 2.75) is 4.90 Å². The van der Waals surface area contributed by atoms with E-state index in [0.29, 0.717) is 6.07 Å². The van der Waals surface area contributed by atoms with Gasteiger partial charge in [0, 0.05) is 10.7 Å². The molecule has 0 saturated carbocycles. The van der Waals surface area contributed by atoms with Crippen molar-refractivity contribution < 1.29 is 22.7 Å². The summed E-state index contributed by atoms with van der Waals surface area (Å²) in [7, 11) is -3.72. The molecule has 82 valence electrons. The third-order valence-corrected chi connectivity index (χ3v) is 3.66. The van der Waals surface area contributed by atoms with Crippen LogP contribution in [-0.2, 0) is 9.84 Å². The van der Waals surface area contributed by atoms with Crippen molar-refractivity contribution in [1.82, 2.24) is 0 Å². The Kier molecular flexibility index (Phi) is 3.15. The molecule has 0 aliphatic heterocycles. The Morgan fingerprint density at radius 1 is 1.47 bits per heavy atom. The molecule has 4 nitrogen and oxygen atoms in total. The molecule has 1 aromatic carbocycles. The predicted molar refractivity (Wildman–Crippen MR) is 54.2 cm³/mol. The Morgan fingerprint density at radius 2 is 2.00 bits per heavy atom. The summed E-state index contributed by atoms with van der Waals surface area (Å²) >= 11 is 2.82. The standard InChI is InChI=1S/C8H6BrFO4S/c1-15(13,14)7-5(9)2-4(8(11)12)3-6(7)10/h2-3H,1H3,(H,11,12). The Balaban J connectivity index is 3.55. The van der Waals surface area contributed by atoms with Crippen molar-refractivity contribution in [3.05, 3.63) is 28.0 Å². The number of hydrogen-bond acceptors (Lipinski definition) is 3. The Morgan fingerprint density at radius 3 is 2.33 bits per heavy atom. The lowest BCUT2D eigenvalue weighted by atomic mass is 10.2. The quantitative estimate of drug-likeness (QED) is 0.901. The van der Waals surface area contributed by atoms with E-state index in [1.54, 1.807) is 0 Å². The van der Waals surface area contributed by atoms with Gasteiger partial charge in [0.15, 0.2) is 9.84 Å². The maximum Gasteiger partial charge on any atom is 0.335 e. The fraction of sp³-hybridized carbons (Fsp3) is 0.125. The Labute approximate surface area is 93.8 Å². The average Bonchev–Trinajstić information content (AvgIpc) is 1.99. The highest BCUT2D eigenvalue weighted by Crippen LogP contribution is 2.26. The van der Waals surface area contributed by atoms with E-state index < -0.39 is 26.5 Å². The summed E-state index contributed by atoms with van der Waals surface area (Å²) in [5, 5.41) is 8.59. The molecular weight excluding hydrogens is 291 g/mol. The van der Waals surface area contributed by atoms with Gasteiger partial charge in [-0.25, -0.2) is 17.6 Å². The largest absolute Gasteiger partial charge is 0.478 e. The fourth-order valence-corrected chi connectivity index (χ4v) is 3.18. The SMILES string of the molecule is CS(=O)(=O)c1c(F)cc(C(=O)O)cc1Br. The monoisotopic (exact) mass is 296 g/mol. The molecule has 0 bridgehead atoms. The number of hydrogen-bond donors (Lipinski definition) is 1. The highest BCUT2D eigenvalue weighted by molar-refractivity contribution is 9.10. The smallest absolute Gasteiger partial charge is 0.335 e. The molecular formula is C8H6BrFO4S. The van der Waals surface area contributed by atoms with Crippen LogP contribution >= 0.6 is 15.9 Å². The second-order valence-electron chi connectivity index (χ2n) is 2.85. The van der Waals surface area contributed by atoms with E-state index in [-0.39, 0.29) is 10.0 Å².